The van der Waals surface area contributed by atoms with Crippen LogP contribution < -0.4 is 5.14 Å². The number of hydrogen-bond acceptors (Lipinski definition) is 4. The number of benzene rings is 2. The zero-order valence-corrected chi connectivity index (χ0v) is 15.2. The summed E-state index contributed by atoms with van der Waals surface area (Å²) in [7, 11) is -4.50. The molecule has 0 amide bonds. The lowest BCUT2D eigenvalue weighted by Crippen LogP contribution is -2.14. The maximum Gasteiger partial charge on any atom is 0.437 e. The van der Waals surface area contributed by atoms with Crippen molar-refractivity contribution in [2.45, 2.75) is 17.2 Å². The van der Waals surface area contributed by atoms with E-state index in [1.54, 1.807) is 0 Å². The second-order valence-electron chi connectivity index (χ2n) is 6.00. The Morgan fingerprint density at radius 3 is 2.10 bits per heavy atom. The molecule has 2 aromatic carbocycles. The molecule has 0 spiro atoms. The molecule has 30 heavy (non-hydrogen) atoms. The number of nitrogens with zero attached hydrogens (tertiary/aromatic N) is 1. The van der Waals surface area contributed by atoms with Gasteiger partial charge in [-0.2, -0.15) is 26.3 Å². The molecule has 160 valence electrons. The van der Waals surface area contributed by atoms with Crippen molar-refractivity contribution in [3.05, 3.63) is 59.5 Å². The van der Waals surface area contributed by atoms with E-state index in [9.17, 15) is 39.2 Å². The molecule has 0 aliphatic heterocycles. The Labute approximate surface area is 164 Å². The van der Waals surface area contributed by atoms with Gasteiger partial charge in [-0.15, -0.1) is 0 Å². The van der Waals surface area contributed by atoms with Crippen LogP contribution in [0.4, 0.5) is 30.7 Å². The minimum Gasteiger partial charge on any atom is -0.355 e. The average Bonchev–Trinajstić information content (AvgIpc) is 3.05. The highest BCUT2D eigenvalue weighted by Gasteiger charge is 2.41. The van der Waals surface area contributed by atoms with E-state index in [0.29, 0.717) is 24.3 Å². The van der Waals surface area contributed by atoms with Crippen LogP contribution in [0.1, 0.15) is 11.3 Å². The first-order chi connectivity index (χ1) is 13.7. The van der Waals surface area contributed by atoms with Crippen molar-refractivity contribution in [3.8, 4) is 22.5 Å². The minimum absolute atomic E-state index is 0.404. The summed E-state index contributed by atoms with van der Waals surface area (Å²) in [5, 5.41) is 7.70. The molecule has 5 nitrogen and oxygen atoms in total. The van der Waals surface area contributed by atoms with Crippen LogP contribution in [-0.2, 0) is 22.4 Å². The standard InChI is InChI=1S/C17H9F7N2O3S/c18-11-7-8(4-5-12(11)30(25,27)28)13-14(29-26-15(13)17(22,23)24)9-2-1-3-10(6-9)16(19,20)21/h1-7H,(H2,25,27,28). The lowest BCUT2D eigenvalue weighted by atomic mass is 9.98. The van der Waals surface area contributed by atoms with Gasteiger partial charge in [0.05, 0.1) is 11.1 Å². The molecule has 0 aliphatic carbocycles. The number of aromatic nitrogens is 1. The van der Waals surface area contributed by atoms with Crippen LogP contribution >= 0.6 is 0 Å². The Morgan fingerprint density at radius 2 is 1.57 bits per heavy atom. The number of hydrogen-bond donors (Lipinski definition) is 1. The van der Waals surface area contributed by atoms with Crippen molar-refractivity contribution in [1.82, 2.24) is 5.16 Å². The Hall–Kier alpha value is -2.93. The van der Waals surface area contributed by atoms with Crippen LogP contribution in [0.15, 0.2) is 51.9 Å². The molecule has 2 N–H and O–H groups in total. The van der Waals surface area contributed by atoms with Crippen LogP contribution in [0.2, 0.25) is 0 Å². The topological polar surface area (TPSA) is 86.2 Å². The van der Waals surface area contributed by atoms with Crippen molar-refractivity contribution in [2.24, 2.45) is 5.14 Å². The molecular weight excluding hydrogens is 445 g/mol. The highest BCUT2D eigenvalue weighted by atomic mass is 32.2. The van der Waals surface area contributed by atoms with Crippen molar-refractivity contribution in [1.29, 1.82) is 0 Å². The highest BCUT2D eigenvalue weighted by molar-refractivity contribution is 7.89. The van der Waals surface area contributed by atoms with Crippen LogP contribution in [0.5, 0.6) is 0 Å². The Balaban J connectivity index is 2.27. The Kier molecular flexibility index (Phi) is 5.15. The fourth-order valence-electron chi connectivity index (χ4n) is 2.67. The first-order valence-corrected chi connectivity index (χ1v) is 9.31. The zero-order valence-electron chi connectivity index (χ0n) is 14.3. The van der Waals surface area contributed by atoms with E-state index in [2.05, 4.69) is 9.68 Å². The third kappa shape index (κ3) is 4.16. The van der Waals surface area contributed by atoms with E-state index in [1.807, 2.05) is 0 Å². The molecule has 3 aromatic rings. The van der Waals surface area contributed by atoms with Gasteiger partial charge in [0.1, 0.15) is 10.7 Å². The molecule has 0 aliphatic rings. The van der Waals surface area contributed by atoms with E-state index in [4.69, 9.17) is 5.14 Å². The van der Waals surface area contributed by atoms with Gasteiger partial charge in [-0.1, -0.05) is 23.4 Å². The van der Waals surface area contributed by atoms with Crippen LogP contribution in [-0.4, -0.2) is 13.6 Å². The van der Waals surface area contributed by atoms with E-state index in [1.165, 1.54) is 0 Å². The predicted octanol–water partition coefficient (Wildman–Crippen LogP) is 4.83. The van der Waals surface area contributed by atoms with Gasteiger partial charge in [-0.05, 0) is 29.8 Å². The zero-order chi connectivity index (χ0) is 22.5. The van der Waals surface area contributed by atoms with Crippen molar-refractivity contribution < 1.29 is 43.7 Å². The van der Waals surface area contributed by atoms with Crippen LogP contribution in [0, 0.1) is 5.82 Å². The number of primary sulfonamides is 1. The van der Waals surface area contributed by atoms with Crippen molar-refractivity contribution in [3.63, 3.8) is 0 Å². The summed E-state index contributed by atoms with van der Waals surface area (Å²) in [6.07, 6.45) is -9.89. The number of sulfonamides is 1. The number of halogens is 7. The lowest BCUT2D eigenvalue weighted by molar-refractivity contribution is -0.142. The van der Waals surface area contributed by atoms with Gasteiger partial charge in [0.15, 0.2) is 11.5 Å². The van der Waals surface area contributed by atoms with Crippen LogP contribution in [0.25, 0.3) is 22.5 Å². The fraction of sp³-hybridized carbons (Fsp3) is 0.118. The number of rotatable bonds is 3. The lowest BCUT2D eigenvalue weighted by Gasteiger charge is -2.10. The molecule has 1 heterocycles. The third-order valence-corrected chi connectivity index (χ3v) is 4.88. The van der Waals surface area contributed by atoms with Crippen molar-refractivity contribution in [2.75, 3.05) is 0 Å². The van der Waals surface area contributed by atoms with E-state index in [0.717, 1.165) is 18.2 Å². The second kappa shape index (κ2) is 7.09. The summed E-state index contributed by atoms with van der Waals surface area (Å²) in [4.78, 5) is -0.975. The first kappa shape index (κ1) is 21.8. The SMILES string of the molecule is NS(=O)(=O)c1ccc(-c2c(C(F)(F)F)noc2-c2cccc(C(F)(F)F)c2)cc1F. The van der Waals surface area contributed by atoms with Gasteiger partial charge in [-0.3, -0.25) is 0 Å². The summed E-state index contributed by atoms with van der Waals surface area (Å²) >= 11 is 0. The van der Waals surface area contributed by atoms with Gasteiger partial charge in [-0.25, -0.2) is 17.9 Å². The minimum atomic E-state index is -5.10. The molecular formula is C17H9F7N2O3S. The van der Waals surface area contributed by atoms with E-state index >= 15 is 0 Å². The van der Waals surface area contributed by atoms with Crippen molar-refractivity contribution >= 4 is 10.0 Å². The molecule has 0 unspecified atom stereocenters. The summed E-state index contributed by atoms with van der Waals surface area (Å²) < 4.78 is 121. The molecule has 13 heteroatoms. The molecule has 0 atom stereocenters. The summed E-state index contributed by atoms with van der Waals surface area (Å²) in [5.41, 5.74) is -4.58. The third-order valence-electron chi connectivity index (χ3n) is 3.94. The quantitative estimate of drug-likeness (QED) is 0.575. The maximum absolute atomic E-state index is 14.2. The summed E-state index contributed by atoms with van der Waals surface area (Å²) in [6, 6.07) is 5.12. The molecule has 0 fully saturated rings. The summed E-state index contributed by atoms with van der Waals surface area (Å²) in [6.45, 7) is 0. The predicted molar refractivity (Wildman–Crippen MR) is 88.7 cm³/mol. The Bertz CT molecular complexity index is 1210. The Morgan fingerprint density at radius 1 is 0.900 bits per heavy atom. The summed E-state index contributed by atoms with van der Waals surface area (Å²) in [5.74, 6) is -2.17. The molecule has 1 aromatic heterocycles. The normalized spacial score (nSPS) is 12.9. The smallest absolute Gasteiger partial charge is 0.355 e. The molecule has 0 saturated carbocycles. The fourth-order valence-corrected chi connectivity index (χ4v) is 3.26. The average molecular weight is 454 g/mol. The van der Waals surface area contributed by atoms with E-state index in [-0.39, 0.29) is 0 Å². The maximum atomic E-state index is 14.2. The molecule has 0 saturated heterocycles. The number of alkyl halides is 6. The number of nitrogens with two attached hydrogens (primary N) is 1. The van der Waals surface area contributed by atoms with Gasteiger partial charge >= 0.3 is 12.4 Å². The first-order valence-electron chi connectivity index (χ1n) is 7.77. The molecule has 0 radical (unpaired) electrons. The van der Waals surface area contributed by atoms with E-state index < -0.39 is 66.8 Å². The molecule has 3 rings (SSSR count). The second-order valence-corrected chi connectivity index (χ2v) is 7.53. The van der Waals surface area contributed by atoms with Gasteiger partial charge in [0.25, 0.3) is 0 Å². The highest BCUT2D eigenvalue weighted by Crippen LogP contribution is 2.43. The largest absolute Gasteiger partial charge is 0.437 e. The van der Waals surface area contributed by atoms with Crippen LogP contribution in [0.3, 0.4) is 0 Å². The van der Waals surface area contributed by atoms with Gasteiger partial charge in [0.2, 0.25) is 10.0 Å². The van der Waals surface area contributed by atoms with Gasteiger partial charge < -0.3 is 4.52 Å². The van der Waals surface area contributed by atoms with Gasteiger partial charge in [0, 0.05) is 5.56 Å². The molecule has 0 bridgehead atoms. The monoisotopic (exact) mass is 454 g/mol.